The highest BCUT2D eigenvalue weighted by molar-refractivity contribution is 5.94. The number of carbonyl (C=O) groups excluding carboxylic acids is 1. The Labute approximate surface area is 191 Å². The Kier molecular flexibility index (Phi) is 6.69. The number of pyridine rings is 2. The number of fused-ring (bicyclic) bond motifs is 1. The molecule has 0 fully saturated rings. The molecule has 0 atom stereocenters. The first kappa shape index (κ1) is 22.1. The van der Waals surface area contributed by atoms with Gasteiger partial charge in [0.2, 0.25) is 0 Å². The molecule has 0 saturated heterocycles. The molecule has 0 aliphatic rings. The Hall–Kier alpha value is -4.13. The lowest BCUT2D eigenvalue weighted by Crippen LogP contribution is -2.32. The first-order valence-electron chi connectivity index (χ1n) is 10.7. The maximum Gasteiger partial charge on any atom is 0.254 e. The van der Waals surface area contributed by atoms with Crippen molar-refractivity contribution < 1.29 is 14.3 Å². The van der Waals surface area contributed by atoms with Gasteiger partial charge in [-0.15, -0.1) is 0 Å². The number of nitrogens with one attached hydrogen (secondary N) is 1. The van der Waals surface area contributed by atoms with Gasteiger partial charge in [-0.2, -0.15) is 0 Å². The predicted octanol–water partition coefficient (Wildman–Crippen LogP) is 4.17. The van der Waals surface area contributed by atoms with Crippen LogP contribution in [0.3, 0.4) is 0 Å². The lowest BCUT2D eigenvalue weighted by atomic mass is 10.1. The standard InChI is InChI=1S/C26H25N3O4/c1-3-33-22-8-9-23-20(15-22)14-21(25(30)28-23)17-29(26(31)18-10-12-27-13-11-18)16-19-6-4-5-7-24(19)32-2/h4-15H,3,16-17H2,1-2H3,(H,28,30). The van der Waals surface area contributed by atoms with Crippen molar-refractivity contribution in [3.8, 4) is 11.5 Å². The number of methoxy groups -OCH3 is 1. The Morgan fingerprint density at radius 2 is 1.76 bits per heavy atom. The molecule has 4 rings (SSSR count). The van der Waals surface area contributed by atoms with Crippen LogP contribution in [0.4, 0.5) is 0 Å². The second-order valence-electron chi connectivity index (χ2n) is 7.51. The van der Waals surface area contributed by atoms with E-state index in [-0.39, 0.29) is 24.6 Å². The van der Waals surface area contributed by atoms with Gasteiger partial charge in [-0.25, -0.2) is 0 Å². The third-order valence-corrected chi connectivity index (χ3v) is 5.33. The zero-order valence-electron chi connectivity index (χ0n) is 18.6. The number of para-hydroxylation sites is 1. The van der Waals surface area contributed by atoms with Crippen molar-refractivity contribution in [2.45, 2.75) is 20.0 Å². The Morgan fingerprint density at radius 1 is 1.00 bits per heavy atom. The van der Waals surface area contributed by atoms with Gasteiger partial charge in [-0.3, -0.25) is 14.6 Å². The molecule has 1 N–H and O–H groups in total. The summed E-state index contributed by atoms with van der Waals surface area (Å²) in [6.45, 7) is 2.88. The van der Waals surface area contributed by atoms with Crippen LogP contribution < -0.4 is 15.0 Å². The molecule has 0 saturated carbocycles. The number of aromatic amines is 1. The summed E-state index contributed by atoms with van der Waals surface area (Å²) in [6.07, 6.45) is 3.15. The van der Waals surface area contributed by atoms with E-state index in [0.29, 0.717) is 29.0 Å². The third kappa shape index (κ3) is 5.03. The number of hydrogen-bond acceptors (Lipinski definition) is 5. The van der Waals surface area contributed by atoms with Crippen molar-refractivity contribution in [2.24, 2.45) is 0 Å². The zero-order valence-corrected chi connectivity index (χ0v) is 18.6. The van der Waals surface area contributed by atoms with Crippen molar-refractivity contribution in [3.63, 3.8) is 0 Å². The number of rotatable bonds is 8. The van der Waals surface area contributed by atoms with Crippen LogP contribution in [0.25, 0.3) is 10.9 Å². The highest BCUT2D eigenvalue weighted by Gasteiger charge is 2.20. The predicted molar refractivity (Wildman–Crippen MR) is 127 cm³/mol. The van der Waals surface area contributed by atoms with E-state index in [9.17, 15) is 9.59 Å². The molecule has 4 aromatic rings. The van der Waals surface area contributed by atoms with Crippen LogP contribution in [0, 0.1) is 0 Å². The molecule has 0 radical (unpaired) electrons. The third-order valence-electron chi connectivity index (χ3n) is 5.33. The molecule has 2 aromatic heterocycles. The molecular formula is C26H25N3O4. The van der Waals surface area contributed by atoms with Crippen LogP contribution in [0.5, 0.6) is 11.5 Å². The van der Waals surface area contributed by atoms with E-state index < -0.39 is 0 Å². The van der Waals surface area contributed by atoms with Gasteiger partial charge in [0.15, 0.2) is 0 Å². The van der Waals surface area contributed by atoms with Gasteiger partial charge in [-0.1, -0.05) is 18.2 Å². The van der Waals surface area contributed by atoms with Crippen molar-refractivity contribution in [3.05, 3.63) is 100 Å². The average Bonchev–Trinajstić information content (AvgIpc) is 2.85. The van der Waals surface area contributed by atoms with Gasteiger partial charge in [0.25, 0.3) is 11.5 Å². The molecule has 7 nitrogen and oxygen atoms in total. The van der Waals surface area contributed by atoms with Crippen LogP contribution in [0.1, 0.15) is 28.4 Å². The fourth-order valence-corrected chi connectivity index (χ4v) is 3.73. The number of carbonyl (C=O) groups is 1. The molecular weight excluding hydrogens is 418 g/mol. The molecule has 0 bridgehead atoms. The summed E-state index contributed by atoms with van der Waals surface area (Å²) in [5.74, 6) is 1.20. The van der Waals surface area contributed by atoms with Crippen LogP contribution in [-0.4, -0.2) is 34.5 Å². The van der Waals surface area contributed by atoms with E-state index >= 15 is 0 Å². The fraction of sp³-hybridized carbons (Fsp3) is 0.192. The molecule has 1 amide bonds. The van der Waals surface area contributed by atoms with Crippen LogP contribution in [0.15, 0.2) is 77.9 Å². The van der Waals surface area contributed by atoms with E-state index in [1.54, 1.807) is 36.5 Å². The van der Waals surface area contributed by atoms with Crippen molar-refractivity contribution in [2.75, 3.05) is 13.7 Å². The largest absolute Gasteiger partial charge is 0.496 e. The number of benzene rings is 2. The maximum absolute atomic E-state index is 13.4. The van der Waals surface area contributed by atoms with Crippen LogP contribution in [0.2, 0.25) is 0 Å². The second kappa shape index (κ2) is 9.99. The Balaban J connectivity index is 1.72. The molecule has 0 unspecified atom stereocenters. The van der Waals surface area contributed by atoms with Crippen LogP contribution >= 0.6 is 0 Å². The summed E-state index contributed by atoms with van der Waals surface area (Å²) >= 11 is 0. The highest BCUT2D eigenvalue weighted by Crippen LogP contribution is 2.23. The molecule has 0 aliphatic carbocycles. The molecule has 33 heavy (non-hydrogen) atoms. The van der Waals surface area contributed by atoms with Gasteiger partial charge in [0.05, 0.1) is 20.3 Å². The van der Waals surface area contributed by atoms with Gasteiger partial charge in [0, 0.05) is 46.5 Å². The number of nitrogens with zero attached hydrogens (tertiary/aromatic N) is 2. The Morgan fingerprint density at radius 3 is 2.52 bits per heavy atom. The summed E-state index contributed by atoms with van der Waals surface area (Å²) < 4.78 is 11.1. The van der Waals surface area contributed by atoms with E-state index in [2.05, 4.69) is 9.97 Å². The lowest BCUT2D eigenvalue weighted by molar-refractivity contribution is 0.0728. The zero-order chi connectivity index (χ0) is 23.2. The number of aromatic nitrogens is 2. The maximum atomic E-state index is 13.4. The smallest absolute Gasteiger partial charge is 0.254 e. The molecule has 7 heteroatoms. The van der Waals surface area contributed by atoms with E-state index in [0.717, 1.165) is 16.7 Å². The minimum Gasteiger partial charge on any atom is -0.496 e. The summed E-state index contributed by atoms with van der Waals surface area (Å²) in [5.41, 5.74) is 2.30. The first-order valence-corrected chi connectivity index (χ1v) is 10.7. The molecule has 0 spiro atoms. The van der Waals surface area contributed by atoms with Crippen molar-refractivity contribution in [1.29, 1.82) is 0 Å². The lowest BCUT2D eigenvalue weighted by Gasteiger charge is -2.24. The molecule has 168 valence electrons. The monoisotopic (exact) mass is 443 g/mol. The average molecular weight is 444 g/mol. The van der Waals surface area contributed by atoms with Gasteiger partial charge in [-0.05, 0) is 49.4 Å². The fourth-order valence-electron chi connectivity index (χ4n) is 3.73. The van der Waals surface area contributed by atoms with Gasteiger partial charge < -0.3 is 19.4 Å². The van der Waals surface area contributed by atoms with E-state index in [4.69, 9.17) is 9.47 Å². The summed E-state index contributed by atoms with van der Waals surface area (Å²) in [4.78, 5) is 34.8. The first-order chi connectivity index (χ1) is 16.1. The SMILES string of the molecule is CCOc1ccc2[nH]c(=O)c(CN(Cc3ccccc3OC)C(=O)c3ccncc3)cc2c1. The molecule has 2 aromatic carbocycles. The highest BCUT2D eigenvalue weighted by atomic mass is 16.5. The van der Waals surface area contributed by atoms with Crippen LogP contribution in [-0.2, 0) is 13.1 Å². The van der Waals surface area contributed by atoms with Crippen molar-refractivity contribution >= 4 is 16.8 Å². The number of ether oxygens (including phenoxy) is 2. The van der Waals surface area contributed by atoms with E-state index in [1.165, 1.54) is 0 Å². The van der Waals surface area contributed by atoms with Crippen molar-refractivity contribution in [1.82, 2.24) is 14.9 Å². The quantitative estimate of drug-likeness (QED) is 0.442. The minimum absolute atomic E-state index is 0.128. The normalized spacial score (nSPS) is 10.7. The second-order valence-corrected chi connectivity index (χ2v) is 7.51. The molecule has 0 aliphatic heterocycles. The number of H-pyrrole nitrogens is 1. The summed E-state index contributed by atoms with van der Waals surface area (Å²) in [7, 11) is 1.60. The van der Waals surface area contributed by atoms with E-state index in [1.807, 2.05) is 55.5 Å². The Bertz CT molecular complexity index is 1320. The number of hydrogen-bond donors (Lipinski definition) is 1. The van der Waals surface area contributed by atoms with Gasteiger partial charge >= 0.3 is 0 Å². The van der Waals surface area contributed by atoms with Gasteiger partial charge in [0.1, 0.15) is 11.5 Å². The molecule has 2 heterocycles. The topological polar surface area (TPSA) is 84.5 Å². The summed E-state index contributed by atoms with van der Waals surface area (Å²) in [5, 5.41) is 0.837. The minimum atomic E-state index is -0.237. The number of amides is 1. The summed E-state index contributed by atoms with van der Waals surface area (Å²) in [6, 6.07) is 18.2.